The molecule has 126 valence electrons. The normalized spacial score (nSPS) is 17.3. The molecule has 24 heavy (non-hydrogen) atoms. The Kier molecular flexibility index (Phi) is 5.26. The van der Waals surface area contributed by atoms with Gasteiger partial charge in [-0.1, -0.05) is 36.4 Å². The van der Waals surface area contributed by atoms with E-state index in [2.05, 4.69) is 41.5 Å². The first-order valence-corrected chi connectivity index (χ1v) is 8.40. The average Bonchev–Trinajstić information content (AvgIpc) is 2.58. The number of carbonyl (C=O) groups excluding carboxylic acids is 1. The van der Waals surface area contributed by atoms with Crippen LogP contribution in [0.4, 0.5) is 4.39 Å². The highest BCUT2D eigenvalue weighted by Gasteiger charge is 2.23. The van der Waals surface area contributed by atoms with Crippen molar-refractivity contribution in [2.24, 2.45) is 0 Å². The second-order valence-electron chi connectivity index (χ2n) is 6.48. The van der Waals surface area contributed by atoms with Crippen molar-refractivity contribution in [3.8, 4) is 0 Å². The predicted molar refractivity (Wildman–Crippen MR) is 93.1 cm³/mol. The van der Waals surface area contributed by atoms with E-state index in [9.17, 15) is 9.18 Å². The fourth-order valence-corrected chi connectivity index (χ4v) is 3.22. The number of carbonyl (C=O) groups is 1. The summed E-state index contributed by atoms with van der Waals surface area (Å²) in [5, 5.41) is 3.02. The summed E-state index contributed by atoms with van der Waals surface area (Å²) in [6, 6.07) is 15.2. The van der Waals surface area contributed by atoms with Gasteiger partial charge in [0.15, 0.2) is 0 Å². The molecular weight excluding hydrogens is 303 g/mol. The zero-order valence-corrected chi connectivity index (χ0v) is 14.0. The molecule has 0 fully saturated rings. The van der Waals surface area contributed by atoms with Crippen molar-refractivity contribution >= 4 is 5.91 Å². The van der Waals surface area contributed by atoms with Gasteiger partial charge >= 0.3 is 0 Å². The van der Waals surface area contributed by atoms with Crippen molar-refractivity contribution in [1.82, 2.24) is 10.2 Å². The van der Waals surface area contributed by atoms with Crippen LogP contribution in [0.2, 0.25) is 0 Å². The third kappa shape index (κ3) is 4.20. The molecule has 0 saturated heterocycles. The lowest BCUT2D eigenvalue weighted by Crippen LogP contribution is -2.45. The molecule has 1 heterocycles. The first kappa shape index (κ1) is 16.7. The maximum atomic E-state index is 13.1. The molecule has 0 aliphatic carbocycles. The van der Waals surface area contributed by atoms with Crippen LogP contribution in [-0.4, -0.2) is 30.4 Å². The lowest BCUT2D eigenvalue weighted by Gasteiger charge is -2.34. The molecule has 0 unspecified atom stereocenters. The molecule has 1 N–H and O–H groups in total. The van der Waals surface area contributed by atoms with Gasteiger partial charge in [-0.2, -0.15) is 0 Å². The molecule has 0 spiro atoms. The molecule has 0 saturated carbocycles. The lowest BCUT2D eigenvalue weighted by atomic mass is 9.94. The Hall–Kier alpha value is -2.20. The minimum absolute atomic E-state index is 0.0199. The van der Waals surface area contributed by atoms with Crippen LogP contribution in [0.25, 0.3) is 0 Å². The Morgan fingerprint density at radius 3 is 2.79 bits per heavy atom. The van der Waals surface area contributed by atoms with Crippen molar-refractivity contribution < 1.29 is 9.18 Å². The molecule has 3 rings (SSSR count). The van der Waals surface area contributed by atoms with E-state index in [1.165, 1.54) is 23.3 Å². The summed E-state index contributed by atoms with van der Waals surface area (Å²) in [6.45, 7) is 1.56. The van der Waals surface area contributed by atoms with E-state index < -0.39 is 0 Å². The number of amides is 1. The maximum Gasteiger partial charge on any atom is 0.220 e. The molecule has 1 amide bonds. The van der Waals surface area contributed by atoms with Gasteiger partial charge in [-0.15, -0.1) is 0 Å². The Morgan fingerprint density at radius 2 is 2.00 bits per heavy atom. The van der Waals surface area contributed by atoms with Gasteiger partial charge in [0.25, 0.3) is 0 Å². The monoisotopic (exact) mass is 326 g/mol. The van der Waals surface area contributed by atoms with E-state index in [1.54, 1.807) is 6.07 Å². The highest BCUT2D eigenvalue weighted by atomic mass is 19.1. The maximum absolute atomic E-state index is 13.1. The van der Waals surface area contributed by atoms with E-state index in [1.807, 2.05) is 6.07 Å². The third-order valence-electron chi connectivity index (χ3n) is 4.68. The van der Waals surface area contributed by atoms with Crippen LogP contribution >= 0.6 is 0 Å². The molecule has 2 aromatic carbocycles. The quantitative estimate of drug-likeness (QED) is 0.916. The van der Waals surface area contributed by atoms with Crippen molar-refractivity contribution in [1.29, 1.82) is 0 Å². The number of nitrogens with zero attached hydrogens (tertiary/aromatic N) is 1. The molecule has 1 atom stereocenters. The van der Waals surface area contributed by atoms with Gasteiger partial charge in [0, 0.05) is 25.6 Å². The first-order valence-electron chi connectivity index (χ1n) is 8.40. The molecule has 0 bridgehead atoms. The Balaban J connectivity index is 1.48. The summed E-state index contributed by atoms with van der Waals surface area (Å²) in [6.07, 6.45) is 1.90. The molecule has 4 heteroatoms. The summed E-state index contributed by atoms with van der Waals surface area (Å²) < 4.78 is 13.1. The molecule has 0 aromatic heterocycles. The van der Waals surface area contributed by atoms with E-state index in [4.69, 9.17) is 0 Å². The van der Waals surface area contributed by atoms with Crippen LogP contribution in [-0.2, 0) is 24.2 Å². The SMILES string of the molecule is CN1Cc2ccccc2C[C@@H]1CNC(=O)CCc1cccc(F)c1. The molecular formula is C20H23FN2O. The predicted octanol–water partition coefficient (Wildman–Crippen LogP) is 2.93. The zero-order valence-electron chi connectivity index (χ0n) is 14.0. The second-order valence-corrected chi connectivity index (χ2v) is 6.48. The molecule has 1 aliphatic rings. The molecule has 1 aliphatic heterocycles. The fraction of sp³-hybridized carbons (Fsp3) is 0.350. The number of nitrogens with one attached hydrogen (secondary N) is 1. The highest BCUT2D eigenvalue weighted by Crippen LogP contribution is 2.21. The highest BCUT2D eigenvalue weighted by molar-refractivity contribution is 5.76. The number of hydrogen-bond acceptors (Lipinski definition) is 2. The van der Waals surface area contributed by atoms with Crippen LogP contribution in [0.3, 0.4) is 0 Å². The Bertz CT molecular complexity index is 716. The summed E-state index contributed by atoms with van der Waals surface area (Å²) in [7, 11) is 2.10. The van der Waals surface area contributed by atoms with Crippen molar-refractivity contribution in [2.75, 3.05) is 13.6 Å². The number of fused-ring (bicyclic) bond motifs is 1. The van der Waals surface area contributed by atoms with Gasteiger partial charge in [0.05, 0.1) is 0 Å². The van der Waals surface area contributed by atoms with Gasteiger partial charge in [0.1, 0.15) is 5.82 Å². The van der Waals surface area contributed by atoms with Gasteiger partial charge < -0.3 is 5.32 Å². The Morgan fingerprint density at radius 1 is 1.21 bits per heavy atom. The van der Waals surface area contributed by atoms with Crippen LogP contribution < -0.4 is 5.32 Å². The summed E-state index contributed by atoms with van der Waals surface area (Å²) >= 11 is 0. The standard InChI is InChI=1S/C20H23FN2O/c1-23-14-17-7-3-2-6-16(17)12-19(23)13-22-20(24)10-9-15-5-4-8-18(21)11-15/h2-8,11,19H,9-10,12-14H2,1H3,(H,22,24)/t19-/m1/s1. The van der Waals surface area contributed by atoms with Gasteiger partial charge in [-0.25, -0.2) is 4.39 Å². The average molecular weight is 326 g/mol. The summed E-state index contributed by atoms with van der Waals surface area (Å²) in [5.41, 5.74) is 3.59. The first-order chi connectivity index (χ1) is 11.6. The molecule has 0 radical (unpaired) electrons. The minimum atomic E-state index is -0.254. The van der Waals surface area contributed by atoms with E-state index >= 15 is 0 Å². The van der Waals surface area contributed by atoms with Crippen molar-refractivity contribution in [3.05, 3.63) is 71.0 Å². The minimum Gasteiger partial charge on any atom is -0.355 e. The van der Waals surface area contributed by atoms with E-state index in [0.717, 1.165) is 18.5 Å². The van der Waals surface area contributed by atoms with Gasteiger partial charge in [-0.05, 0) is 48.7 Å². The summed E-state index contributed by atoms with van der Waals surface area (Å²) in [5.74, 6) is -0.234. The molecule has 2 aromatic rings. The van der Waals surface area contributed by atoms with Crippen LogP contribution in [0.1, 0.15) is 23.1 Å². The molecule has 3 nitrogen and oxygen atoms in total. The van der Waals surface area contributed by atoms with Crippen molar-refractivity contribution in [3.63, 3.8) is 0 Å². The van der Waals surface area contributed by atoms with E-state index in [-0.39, 0.29) is 11.7 Å². The summed E-state index contributed by atoms with van der Waals surface area (Å²) in [4.78, 5) is 14.4. The smallest absolute Gasteiger partial charge is 0.220 e. The number of rotatable bonds is 5. The van der Waals surface area contributed by atoms with Crippen LogP contribution in [0, 0.1) is 5.82 Å². The third-order valence-corrected chi connectivity index (χ3v) is 4.68. The van der Waals surface area contributed by atoms with Crippen LogP contribution in [0.15, 0.2) is 48.5 Å². The largest absolute Gasteiger partial charge is 0.355 e. The number of benzene rings is 2. The Labute approximate surface area is 142 Å². The number of hydrogen-bond donors (Lipinski definition) is 1. The van der Waals surface area contributed by atoms with Gasteiger partial charge in [0.2, 0.25) is 5.91 Å². The fourth-order valence-electron chi connectivity index (χ4n) is 3.22. The number of halogens is 1. The zero-order chi connectivity index (χ0) is 16.9. The lowest BCUT2D eigenvalue weighted by molar-refractivity contribution is -0.121. The second kappa shape index (κ2) is 7.58. The van der Waals surface area contributed by atoms with E-state index in [0.29, 0.717) is 25.4 Å². The topological polar surface area (TPSA) is 32.3 Å². The number of likely N-dealkylation sites (N-methyl/N-ethyl adjacent to an activating group) is 1. The van der Waals surface area contributed by atoms with Crippen LogP contribution in [0.5, 0.6) is 0 Å². The van der Waals surface area contributed by atoms with Gasteiger partial charge in [-0.3, -0.25) is 9.69 Å². The van der Waals surface area contributed by atoms with Crippen molar-refractivity contribution in [2.45, 2.75) is 31.8 Å². The number of aryl methyl sites for hydroxylation is 1.